The Balaban J connectivity index is 1.77. The molecule has 0 spiro atoms. The van der Waals surface area contributed by atoms with Crippen molar-refractivity contribution in [2.45, 2.75) is 58.2 Å². The molecule has 118 valence electrons. The predicted molar refractivity (Wildman–Crippen MR) is 86.6 cm³/mol. The van der Waals surface area contributed by atoms with Crippen molar-refractivity contribution < 1.29 is 9.53 Å². The first kappa shape index (κ1) is 16.3. The average Bonchev–Trinajstić information content (AvgIpc) is 2.78. The van der Waals surface area contributed by atoms with Crippen LogP contribution in [0.25, 0.3) is 0 Å². The second-order valence-corrected chi connectivity index (χ2v) is 7.59. The quantitative estimate of drug-likeness (QED) is 0.927. The minimum Gasteiger partial charge on any atom is -0.444 e. The smallest absolute Gasteiger partial charge is 0.410 e. The van der Waals surface area contributed by atoms with Crippen LogP contribution >= 0.6 is 11.3 Å². The molecule has 1 aliphatic heterocycles. The molecule has 0 bridgehead atoms. The standard InChI is InChI=1S/C16H26N2O2S/c1-16(2,3)20-15(19)18-9-4-6-13(8-10-18)17-12-14-7-5-11-21-14/h5,7,11,13,17H,4,6,8-10,12H2,1-3H3. The van der Waals surface area contributed by atoms with Gasteiger partial charge in [-0.2, -0.15) is 0 Å². The van der Waals surface area contributed by atoms with Gasteiger partial charge in [0.1, 0.15) is 5.60 Å². The largest absolute Gasteiger partial charge is 0.444 e. The lowest BCUT2D eigenvalue weighted by molar-refractivity contribution is 0.0256. The highest BCUT2D eigenvalue weighted by Gasteiger charge is 2.24. The summed E-state index contributed by atoms with van der Waals surface area (Å²) < 4.78 is 5.46. The van der Waals surface area contributed by atoms with E-state index in [9.17, 15) is 4.79 Å². The SMILES string of the molecule is CC(C)(C)OC(=O)N1CCCC(NCc2cccs2)CC1. The number of nitrogens with one attached hydrogen (secondary N) is 1. The second kappa shape index (κ2) is 7.27. The summed E-state index contributed by atoms with van der Waals surface area (Å²) in [5.41, 5.74) is -0.416. The number of nitrogens with zero attached hydrogens (tertiary/aromatic N) is 1. The molecule has 1 aliphatic rings. The second-order valence-electron chi connectivity index (χ2n) is 6.56. The highest BCUT2D eigenvalue weighted by Crippen LogP contribution is 2.16. The Morgan fingerprint density at radius 2 is 2.24 bits per heavy atom. The van der Waals surface area contributed by atoms with E-state index in [-0.39, 0.29) is 6.09 Å². The number of amides is 1. The molecule has 4 nitrogen and oxygen atoms in total. The van der Waals surface area contributed by atoms with Gasteiger partial charge in [-0.1, -0.05) is 6.07 Å². The molecule has 21 heavy (non-hydrogen) atoms. The molecule has 1 saturated heterocycles. The van der Waals surface area contributed by atoms with Crippen LogP contribution in [0, 0.1) is 0 Å². The maximum Gasteiger partial charge on any atom is 0.410 e. The molecule has 1 aromatic rings. The monoisotopic (exact) mass is 310 g/mol. The van der Waals surface area contributed by atoms with Crippen LogP contribution in [0.5, 0.6) is 0 Å². The lowest BCUT2D eigenvalue weighted by Crippen LogP contribution is -2.38. The van der Waals surface area contributed by atoms with Crippen molar-refractivity contribution >= 4 is 17.4 Å². The summed E-state index contributed by atoms with van der Waals surface area (Å²) in [6, 6.07) is 4.72. The zero-order valence-electron chi connectivity index (χ0n) is 13.2. The van der Waals surface area contributed by atoms with E-state index in [2.05, 4.69) is 22.8 Å². The summed E-state index contributed by atoms with van der Waals surface area (Å²) >= 11 is 1.78. The fourth-order valence-corrected chi connectivity index (χ4v) is 3.12. The Morgan fingerprint density at radius 1 is 1.43 bits per heavy atom. The maximum atomic E-state index is 12.1. The summed E-state index contributed by atoms with van der Waals surface area (Å²) in [6.07, 6.45) is 2.96. The van der Waals surface area contributed by atoms with Gasteiger partial charge in [0.25, 0.3) is 0 Å². The van der Waals surface area contributed by atoms with Crippen LogP contribution in [0.1, 0.15) is 44.9 Å². The lowest BCUT2D eigenvalue weighted by Gasteiger charge is -2.26. The topological polar surface area (TPSA) is 41.6 Å². The summed E-state index contributed by atoms with van der Waals surface area (Å²) in [7, 11) is 0. The van der Waals surface area contributed by atoms with Gasteiger partial charge in [-0.3, -0.25) is 0 Å². The van der Waals surface area contributed by atoms with Crippen LogP contribution in [0.4, 0.5) is 4.79 Å². The first-order valence-electron chi connectivity index (χ1n) is 7.68. The summed E-state index contributed by atoms with van der Waals surface area (Å²) in [5, 5.41) is 5.71. The lowest BCUT2D eigenvalue weighted by atomic mass is 10.1. The number of carbonyl (C=O) groups is 1. The molecule has 1 N–H and O–H groups in total. The van der Waals surface area contributed by atoms with E-state index >= 15 is 0 Å². The normalized spacial score (nSPS) is 20.1. The molecule has 1 amide bonds. The van der Waals surface area contributed by atoms with Gasteiger partial charge in [-0.05, 0) is 51.5 Å². The van der Waals surface area contributed by atoms with E-state index in [1.807, 2.05) is 25.7 Å². The van der Waals surface area contributed by atoms with E-state index in [1.54, 1.807) is 11.3 Å². The molecule has 1 fully saturated rings. The van der Waals surface area contributed by atoms with E-state index in [1.165, 1.54) is 4.88 Å². The van der Waals surface area contributed by atoms with Crippen molar-refractivity contribution in [2.75, 3.05) is 13.1 Å². The first-order valence-corrected chi connectivity index (χ1v) is 8.56. The van der Waals surface area contributed by atoms with Gasteiger partial charge in [0, 0.05) is 30.6 Å². The van der Waals surface area contributed by atoms with Gasteiger partial charge >= 0.3 is 6.09 Å². The number of rotatable bonds is 3. The Morgan fingerprint density at radius 3 is 2.90 bits per heavy atom. The van der Waals surface area contributed by atoms with Crippen molar-refractivity contribution in [3.8, 4) is 0 Å². The number of likely N-dealkylation sites (tertiary alicyclic amines) is 1. The number of hydrogen-bond donors (Lipinski definition) is 1. The predicted octanol–water partition coefficient (Wildman–Crippen LogP) is 3.63. The Labute approximate surface area is 131 Å². The number of thiophene rings is 1. The molecule has 5 heteroatoms. The van der Waals surface area contributed by atoms with Gasteiger partial charge in [0.2, 0.25) is 0 Å². The van der Waals surface area contributed by atoms with Crippen molar-refractivity contribution in [1.29, 1.82) is 0 Å². The Kier molecular flexibility index (Phi) is 5.65. The van der Waals surface area contributed by atoms with Crippen molar-refractivity contribution in [2.24, 2.45) is 0 Å². The molecule has 1 unspecified atom stereocenters. The van der Waals surface area contributed by atoms with E-state index in [4.69, 9.17) is 4.74 Å². The highest BCUT2D eigenvalue weighted by molar-refractivity contribution is 7.09. The summed E-state index contributed by atoms with van der Waals surface area (Å²) in [6.45, 7) is 8.23. The van der Waals surface area contributed by atoms with Gasteiger partial charge in [0.15, 0.2) is 0 Å². The minimum absolute atomic E-state index is 0.179. The van der Waals surface area contributed by atoms with E-state index in [0.717, 1.165) is 38.9 Å². The van der Waals surface area contributed by atoms with Crippen molar-refractivity contribution in [1.82, 2.24) is 10.2 Å². The molecular weight excluding hydrogens is 284 g/mol. The fourth-order valence-electron chi connectivity index (χ4n) is 2.47. The minimum atomic E-state index is -0.416. The van der Waals surface area contributed by atoms with Crippen LogP contribution in [0.2, 0.25) is 0 Å². The molecule has 2 heterocycles. The number of carbonyl (C=O) groups excluding carboxylic acids is 1. The zero-order chi connectivity index (χ0) is 15.3. The zero-order valence-corrected chi connectivity index (χ0v) is 14.0. The van der Waals surface area contributed by atoms with Gasteiger partial charge < -0.3 is 15.0 Å². The molecular formula is C16H26N2O2S. The molecule has 0 aliphatic carbocycles. The molecule has 2 rings (SSSR count). The van der Waals surface area contributed by atoms with Crippen molar-refractivity contribution in [3.05, 3.63) is 22.4 Å². The van der Waals surface area contributed by atoms with Gasteiger partial charge in [-0.15, -0.1) is 11.3 Å². The van der Waals surface area contributed by atoms with E-state index in [0.29, 0.717) is 6.04 Å². The van der Waals surface area contributed by atoms with Gasteiger partial charge in [-0.25, -0.2) is 4.79 Å². The number of ether oxygens (including phenoxy) is 1. The Hall–Kier alpha value is -1.07. The average molecular weight is 310 g/mol. The molecule has 0 saturated carbocycles. The summed E-state index contributed by atoms with van der Waals surface area (Å²) in [4.78, 5) is 15.3. The van der Waals surface area contributed by atoms with Gasteiger partial charge in [0.05, 0.1) is 0 Å². The molecule has 0 aromatic carbocycles. The maximum absolute atomic E-state index is 12.1. The number of hydrogen-bond acceptors (Lipinski definition) is 4. The third-order valence-corrected chi connectivity index (χ3v) is 4.40. The van der Waals surface area contributed by atoms with Crippen LogP contribution in [-0.2, 0) is 11.3 Å². The van der Waals surface area contributed by atoms with Crippen molar-refractivity contribution in [3.63, 3.8) is 0 Å². The van der Waals surface area contributed by atoms with Crippen LogP contribution in [0.15, 0.2) is 17.5 Å². The molecule has 1 atom stereocenters. The Bertz CT molecular complexity index is 440. The third kappa shape index (κ3) is 5.67. The summed E-state index contributed by atoms with van der Waals surface area (Å²) in [5.74, 6) is 0. The third-order valence-electron chi connectivity index (χ3n) is 3.52. The first-order chi connectivity index (χ1) is 9.94. The molecule has 0 radical (unpaired) electrons. The van der Waals surface area contributed by atoms with Crippen LogP contribution < -0.4 is 5.32 Å². The fraction of sp³-hybridized carbons (Fsp3) is 0.688. The van der Waals surface area contributed by atoms with E-state index < -0.39 is 5.60 Å². The highest BCUT2D eigenvalue weighted by atomic mass is 32.1. The van der Waals surface area contributed by atoms with Crippen LogP contribution in [0.3, 0.4) is 0 Å². The van der Waals surface area contributed by atoms with Crippen LogP contribution in [-0.4, -0.2) is 35.7 Å². The molecule has 1 aromatic heterocycles.